The fourth-order valence-electron chi connectivity index (χ4n) is 1.60. The number of carboxylic acid groups (broad SMARTS) is 1. The molecule has 1 aromatic rings. The van der Waals surface area contributed by atoms with Crippen LogP contribution < -0.4 is 5.32 Å². The van der Waals surface area contributed by atoms with Gasteiger partial charge in [0, 0.05) is 30.3 Å². The van der Waals surface area contributed by atoms with Crippen molar-refractivity contribution in [2.45, 2.75) is 32.7 Å². The summed E-state index contributed by atoms with van der Waals surface area (Å²) in [5.41, 5.74) is 1.61. The molecule has 0 aromatic heterocycles. The predicted molar refractivity (Wildman–Crippen MR) is 67.8 cm³/mol. The van der Waals surface area contributed by atoms with Crippen molar-refractivity contribution in [3.8, 4) is 0 Å². The molecule has 1 unspecified atom stereocenters. The third-order valence-corrected chi connectivity index (χ3v) is 2.61. The molecule has 1 atom stereocenters. The van der Waals surface area contributed by atoms with Crippen molar-refractivity contribution in [2.75, 3.05) is 5.32 Å². The van der Waals surface area contributed by atoms with Gasteiger partial charge in [-0.2, -0.15) is 0 Å². The molecule has 0 radical (unpaired) electrons. The van der Waals surface area contributed by atoms with Gasteiger partial charge in [0.05, 0.1) is 4.92 Å². The van der Waals surface area contributed by atoms with E-state index < -0.39 is 10.9 Å². The molecular weight excluding hydrogens is 236 g/mol. The highest BCUT2D eigenvalue weighted by molar-refractivity contribution is 5.66. The van der Waals surface area contributed by atoms with E-state index in [9.17, 15) is 14.9 Å². The number of nitro groups is 1. The summed E-state index contributed by atoms with van der Waals surface area (Å²) in [4.78, 5) is 20.6. The first-order valence-corrected chi connectivity index (χ1v) is 5.63. The number of nitrogens with zero attached hydrogens (tertiary/aromatic N) is 1. The zero-order valence-corrected chi connectivity index (χ0v) is 10.3. The van der Waals surface area contributed by atoms with Crippen molar-refractivity contribution in [3.63, 3.8) is 0 Å². The largest absolute Gasteiger partial charge is 0.481 e. The molecule has 0 heterocycles. The van der Waals surface area contributed by atoms with Crippen molar-refractivity contribution in [3.05, 3.63) is 33.9 Å². The van der Waals surface area contributed by atoms with Crippen LogP contribution in [0, 0.1) is 17.0 Å². The number of carbonyl (C=O) groups is 1. The van der Waals surface area contributed by atoms with Crippen LogP contribution in [0.3, 0.4) is 0 Å². The van der Waals surface area contributed by atoms with E-state index in [1.807, 2.05) is 6.92 Å². The van der Waals surface area contributed by atoms with Gasteiger partial charge in [0.1, 0.15) is 0 Å². The van der Waals surface area contributed by atoms with Gasteiger partial charge in [-0.25, -0.2) is 0 Å². The third-order valence-electron chi connectivity index (χ3n) is 2.61. The summed E-state index contributed by atoms with van der Waals surface area (Å²) in [6.07, 6.45) is 0.603. The number of aliphatic carboxylic acids is 1. The topological polar surface area (TPSA) is 92.5 Å². The van der Waals surface area contributed by atoms with Crippen molar-refractivity contribution in [1.82, 2.24) is 0 Å². The molecule has 2 N–H and O–H groups in total. The Morgan fingerprint density at radius 2 is 2.22 bits per heavy atom. The Balaban J connectivity index is 2.67. The summed E-state index contributed by atoms with van der Waals surface area (Å²) in [5, 5.41) is 22.3. The van der Waals surface area contributed by atoms with Crippen molar-refractivity contribution >= 4 is 17.3 Å². The maximum absolute atomic E-state index is 10.6. The third kappa shape index (κ3) is 4.04. The lowest BCUT2D eigenvalue weighted by Crippen LogP contribution is -2.17. The Hall–Kier alpha value is -2.11. The van der Waals surface area contributed by atoms with Crippen LogP contribution in [0.5, 0.6) is 0 Å². The van der Waals surface area contributed by atoms with Crippen LogP contribution in [0.25, 0.3) is 0 Å². The summed E-state index contributed by atoms with van der Waals surface area (Å²) in [6, 6.07) is 4.57. The number of benzene rings is 1. The average Bonchev–Trinajstić information content (AvgIpc) is 2.29. The lowest BCUT2D eigenvalue weighted by Gasteiger charge is -2.16. The molecule has 0 amide bonds. The highest BCUT2D eigenvalue weighted by Gasteiger charge is 2.10. The van der Waals surface area contributed by atoms with Gasteiger partial charge in [-0.05, 0) is 31.9 Å². The molecule has 0 aliphatic carbocycles. The van der Waals surface area contributed by atoms with Gasteiger partial charge in [-0.1, -0.05) is 0 Å². The van der Waals surface area contributed by atoms with E-state index in [-0.39, 0.29) is 18.2 Å². The first kappa shape index (κ1) is 14.0. The van der Waals surface area contributed by atoms with Crippen LogP contribution in [0.2, 0.25) is 0 Å². The fraction of sp³-hybridized carbons (Fsp3) is 0.417. The van der Waals surface area contributed by atoms with E-state index in [0.29, 0.717) is 6.42 Å². The van der Waals surface area contributed by atoms with Crippen LogP contribution in [0.4, 0.5) is 11.4 Å². The van der Waals surface area contributed by atoms with E-state index >= 15 is 0 Å². The Morgan fingerprint density at radius 1 is 1.56 bits per heavy atom. The molecule has 0 aliphatic rings. The van der Waals surface area contributed by atoms with E-state index in [1.54, 1.807) is 13.0 Å². The zero-order valence-electron chi connectivity index (χ0n) is 10.3. The lowest BCUT2D eigenvalue weighted by atomic mass is 10.1. The zero-order chi connectivity index (χ0) is 13.7. The minimum Gasteiger partial charge on any atom is -0.481 e. The second-order valence-electron chi connectivity index (χ2n) is 4.23. The van der Waals surface area contributed by atoms with Gasteiger partial charge in [0.2, 0.25) is 0 Å². The van der Waals surface area contributed by atoms with Gasteiger partial charge >= 0.3 is 5.97 Å². The van der Waals surface area contributed by atoms with Crippen molar-refractivity contribution in [2.24, 2.45) is 0 Å². The second kappa shape index (κ2) is 6.00. The van der Waals surface area contributed by atoms with Gasteiger partial charge < -0.3 is 10.4 Å². The molecule has 0 fully saturated rings. The van der Waals surface area contributed by atoms with Crippen LogP contribution in [0.1, 0.15) is 25.3 Å². The van der Waals surface area contributed by atoms with E-state index in [2.05, 4.69) is 5.32 Å². The van der Waals surface area contributed by atoms with Crippen LogP contribution >= 0.6 is 0 Å². The van der Waals surface area contributed by atoms with Gasteiger partial charge in [0.15, 0.2) is 0 Å². The number of aryl methyl sites for hydroxylation is 1. The number of rotatable bonds is 6. The maximum Gasteiger partial charge on any atom is 0.303 e. The van der Waals surface area contributed by atoms with E-state index in [4.69, 9.17) is 5.11 Å². The molecule has 98 valence electrons. The fourth-order valence-corrected chi connectivity index (χ4v) is 1.60. The molecule has 6 heteroatoms. The van der Waals surface area contributed by atoms with Crippen molar-refractivity contribution < 1.29 is 14.8 Å². The van der Waals surface area contributed by atoms with Gasteiger partial charge in [-0.15, -0.1) is 0 Å². The Kier molecular flexibility index (Phi) is 4.65. The Morgan fingerprint density at radius 3 is 2.72 bits per heavy atom. The number of hydrogen-bond donors (Lipinski definition) is 2. The summed E-state index contributed by atoms with van der Waals surface area (Å²) in [5.74, 6) is -0.830. The molecule has 0 bridgehead atoms. The molecule has 1 aromatic carbocycles. The molecule has 0 saturated heterocycles. The van der Waals surface area contributed by atoms with E-state index in [0.717, 1.165) is 11.3 Å². The Labute approximate surface area is 105 Å². The quantitative estimate of drug-likeness (QED) is 0.599. The molecule has 0 aliphatic heterocycles. The van der Waals surface area contributed by atoms with Crippen LogP contribution in [-0.2, 0) is 4.79 Å². The number of non-ortho nitro benzene ring substituents is 1. The predicted octanol–water partition coefficient (Wildman–Crippen LogP) is 2.57. The SMILES string of the molecule is Cc1cc([N+](=O)[O-])ccc1NC(C)CCC(=O)O. The summed E-state index contributed by atoms with van der Waals surface area (Å²) >= 11 is 0. The number of anilines is 1. The molecule has 0 spiro atoms. The molecule has 18 heavy (non-hydrogen) atoms. The highest BCUT2D eigenvalue weighted by atomic mass is 16.6. The lowest BCUT2D eigenvalue weighted by molar-refractivity contribution is -0.384. The number of carboxylic acids is 1. The molecular formula is C12H16N2O4. The molecule has 1 rings (SSSR count). The number of nitro benzene ring substituents is 1. The normalized spacial score (nSPS) is 11.9. The minimum absolute atomic E-state index is 0.00116. The van der Waals surface area contributed by atoms with Crippen LogP contribution in [-0.4, -0.2) is 22.0 Å². The Bertz CT molecular complexity index is 459. The summed E-state index contributed by atoms with van der Waals surface area (Å²) in [7, 11) is 0. The smallest absolute Gasteiger partial charge is 0.303 e. The number of hydrogen-bond acceptors (Lipinski definition) is 4. The van der Waals surface area contributed by atoms with Gasteiger partial charge in [-0.3, -0.25) is 14.9 Å². The average molecular weight is 252 g/mol. The van der Waals surface area contributed by atoms with Crippen LogP contribution in [0.15, 0.2) is 18.2 Å². The standard InChI is InChI=1S/C12H16N2O4/c1-8-7-10(14(17)18)4-5-11(8)13-9(2)3-6-12(15)16/h4-5,7,9,13H,3,6H2,1-2H3,(H,15,16). The summed E-state index contributed by atoms with van der Waals surface area (Å²) in [6.45, 7) is 3.66. The maximum atomic E-state index is 10.6. The summed E-state index contributed by atoms with van der Waals surface area (Å²) < 4.78 is 0. The van der Waals surface area contributed by atoms with Gasteiger partial charge in [0.25, 0.3) is 5.69 Å². The second-order valence-corrected chi connectivity index (χ2v) is 4.23. The van der Waals surface area contributed by atoms with Crippen molar-refractivity contribution in [1.29, 1.82) is 0 Å². The molecule has 0 saturated carbocycles. The minimum atomic E-state index is -0.830. The first-order valence-electron chi connectivity index (χ1n) is 5.63. The molecule has 6 nitrogen and oxygen atoms in total. The first-order chi connectivity index (χ1) is 8.40. The number of nitrogens with one attached hydrogen (secondary N) is 1. The highest BCUT2D eigenvalue weighted by Crippen LogP contribution is 2.22. The van der Waals surface area contributed by atoms with E-state index in [1.165, 1.54) is 12.1 Å². The monoisotopic (exact) mass is 252 g/mol.